The normalized spacial score (nSPS) is 27.6. The molecule has 0 aliphatic carbocycles. The van der Waals surface area contributed by atoms with Crippen molar-refractivity contribution in [2.24, 2.45) is 22.6 Å². The molecule has 1 aliphatic rings. The Kier molecular flexibility index (Phi) is 2.89. The van der Waals surface area contributed by atoms with E-state index < -0.39 is 35.3 Å². The number of rotatable bonds is 4. The zero-order chi connectivity index (χ0) is 12.6. The van der Waals surface area contributed by atoms with Gasteiger partial charge in [0.1, 0.15) is 5.41 Å². The first-order chi connectivity index (χ1) is 7.35. The largest absolute Gasteiger partial charge is 0.395 e. The SMILES string of the molecule is NC(=O)C1(CO)CCNC1(C(N)=O)C(N)=O. The summed E-state index contributed by atoms with van der Waals surface area (Å²) in [5.41, 5.74) is 11.5. The van der Waals surface area contributed by atoms with Crippen LogP contribution >= 0.6 is 0 Å². The van der Waals surface area contributed by atoms with Crippen molar-refractivity contribution in [3.63, 3.8) is 0 Å². The molecular weight excluding hydrogens is 216 g/mol. The Bertz CT molecular complexity index is 342. The van der Waals surface area contributed by atoms with E-state index in [2.05, 4.69) is 5.32 Å². The summed E-state index contributed by atoms with van der Waals surface area (Å²) >= 11 is 0. The van der Waals surface area contributed by atoms with Crippen molar-refractivity contribution in [3.8, 4) is 0 Å². The molecule has 0 saturated carbocycles. The second-order valence-electron chi connectivity index (χ2n) is 3.76. The van der Waals surface area contributed by atoms with Crippen molar-refractivity contribution in [2.45, 2.75) is 12.0 Å². The molecule has 1 aliphatic heterocycles. The van der Waals surface area contributed by atoms with Gasteiger partial charge in [-0.05, 0) is 13.0 Å². The molecule has 1 unspecified atom stereocenters. The standard InChI is InChI=1S/C8H14N4O4/c9-4(14)7(3-13)1-2-12-8(7,5(10)15)6(11)16/h12-13H,1-3H2,(H2,9,14)(H2,10,15)(H2,11,16). The smallest absolute Gasteiger partial charge is 0.248 e. The molecular formula is C8H14N4O4. The van der Waals surface area contributed by atoms with Gasteiger partial charge < -0.3 is 22.3 Å². The Balaban J connectivity index is 3.42. The number of nitrogens with one attached hydrogen (secondary N) is 1. The van der Waals surface area contributed by atoms with Crippen molar-refractivity contribution < 1.29 is 19.5 Å². The second kappa shape index (κ2) is 3.72. The lowest BCUT2D eigenvalue weighted by Gasteiger charge is -2.37. The van der Waals surface area contributed by atoms with Gasteiger partial charge in [0.25, 0.3) is 0 Å². The zero-order valence-electron chi connectivity index (χ0n) is 8.53. The van der Waals surface area contributed by atoms with Crippen molar-refractivity contribution in [3.05, 3.63) is 0 Å². The van der Waals surface area contributed by atoms with E-state index in [1.54, 1.807) is 0 Å². The van der Waals surface area contributed by atoms with Crippen LogP contribution in [0.5, 0.6) is 0 Å². The topological polar surface area (TPSA) is 162 Å². The zero-order valence-corrected chi connectivity index (χ0v) is 8.53. The van der Waals surface area contributed by atoms with Crippen LogP contribution in [0.2, 0.25) is 0 Å². The average molecular weight is 230 g/mol. The van der Waals surface area contributed by atoms with E-state index in [0.717, 1.165) is 0 Å². The van der Waals surface area contributed by atoms with Crippen LogP contribution in [-0.4, -0.2) is 41.5 Å². The van der Waals surface area contributed by atoms with Crippen LogP contribution in [0.25, 0.3) is 0 Å². The van der Waals surface area contributed by atoms with Gasteiger partial charge in [-0.1, -0.05) is 0 Å². The Morgan fingerprint density at radius 2 is 1.62 bits per heavy atom. The summed E-state index contributed by atoms with van der Waals surface area (Å²) in [6, 6.07) is 0. The van der Waals surface area contributed by atoms with E-state index >= 15 is 0 Å². The molecule has 8 N–H and O–H groups in total. The molecule has 0 aromatic rings. The maximum absolute atomic E-state index is 11.4. The lowest BCUT2D eigenvalue weighted by atomic mass is 9.69. The fourth-order valence-corrected chi connectivity index (χ4v) is 2.17. The van der Waals surface area contributed by atoms with E-state index in [-0.39, 0.29) is 13.0 Å². The number of amides is 3. The minimum absolute atomic E-state index is 0.0186. The van der Waals surface area contributed by atoms with Crippen molar-refractivity contribution in [1.82, 2.24) is 5.32 Å². The highest BCUT2D eigenvalue weighted by Crippen LogP contribution is 2.39. The number of hydrogen-bond donors (Lipinski definition) is 5. The third-order valence-corrected chi connectivity index (χ3v) is 3.14. The molecule has 0 aromatic carbocycles. The molecule has 16 heavy (non-hydrogen) atoms. The van der Waals surface area contributed by atoms with Gasteiger partial charge in [0.15, 0.2) is 5.54 Å². The van der Waals surface area contributed by atoms with E-state index in [1.807, 2.05) is 0 Å². The minimum Gasteiger partial charge on any atom is -0.395 e. The average Bonchev–Trinajstić information content (AvgIpc) is 2.58. The van der Waals surface area contributed by atoms with Crippen molar-refractivity contribution in [1.29, 1.82) is 0 Å². The Morgan fingerprint density at radius 3 is 1.88 bits per heavy atom. The van der Waals surface area contributed by atoms with Crippen LogP contribution in [-0.2, 0) is 14.4 Å². The summed E-state index contributed by atoms with van der Waals surface area (Å²) in [6.45, 7) is -0.642. The Morgan fingerprint density at radius 1 is 1.12 bits per heavy atom. The van der Waals surface area contributed by atoms with Crippen molar-refractivity contribution >= 4 is 17.7 Å². The van der Waals surface area contributed by atoms with E-state index in [0.29, 0.717) is 0 Å². The van der Waals surface area contributed by atoms with Crippen LogP contribution < -0.4 is 22.5 Å². The summed E-state index contributed by atoms with van der Waals surface area (Å²) in [5, 5.41) is 11.7. The fourth-order valence-electron chi connectivity index (χ4n) is 2.17. The van der Waals surface area contributed by atoms with Gasteiger partial charge in [-0.2, -0.15) is 0 Å². The lowest BCUT2D eigenvalue weighted by molar-refractivity contribution is -0.150. The van der Waals surface area contributed by atoms with Crippen LogP contribution in [0.15, 0.2) is 0 Å². The number of aliphatic hydroxyl groups excluding tert-OH is 1. The summed E-state index contributed by atoms with van der Waals surface area (Å²) in [7, 11) is 0. The third-order valence-electron chi connectivity index (χ3n) is 3.14. The molecule has 3 amide bonds. The van der Waals surface area contributed by atoms with Crippen molar-refractivity contribution in [2.75, 3.05) is 13.2 Å². The van der Waals surface area contributed by atoms with Crippen LogP contribution in [0, 0.1) is 5.41 Å². The lowest BCUT2D eigenvalue weighted by Crippen LogP contribution is -2.72. The molecule has 0 aromatic heterocycles. The molecule has 1 rings (SSSR count). The van der Waals surface area contributed by atoms with Gasteiger partial charge in [-0.15, -0.1) is 0 Å². The number of primary amides is 3. The van der Waals surface area contributed by atoms with Crippen LogP contribution in [0.3, 0.4) is 0 Å². The summed E-state index contributed by atoms with van der Waals surface area (Å²) in [5.74, 6) is -3.23. The number of carbonyl (C=O) groups is 3. The molecule has 0 spiro atoms. The van der Waals surface area contributed by atoms with Gasteiger partial charge in [0, 0.05) is 0 Å². The fraction of sp³-hybridized carbons (Fsp3) is 0.625. The number of aliphatic hydroxyl groups is 1. The number of nitrogens with two attached hydrogens (primary N) is 3. The Labute approximate surface area is 91.1 Å². The van der Waals surface area contributed by atoms with Crippen LogP contribution in [0.4, 0.5) is 0 Å². The first-order valence-corrected chi connectivity index (χ1v) is 4.61. The molecule has 8 heteroatoms. The number of carbonyl (C=O) groups excluding carboxylic acids is 3. The molecule has 0 radical (unpaired) electrons. The molecule has 0 bridgehead atoms. The summed E-state index contributed by atoms with van der Waals surface area (Å²) < 4.78 is 0. The van der Waals surface area contributed by atoms with Gasteiger partial charge >= 0.3 is 0 Å². The first kappa shape index (κ1) is 12.4. The number of hydrogen-bond acceptors (Lipinski definition) is 5. The molecule has 1 saturated heterocycles. The molecule has 90 valence electrons. The van der Waals surface area contributed by atoms with Gasteiger partial charge in [0.05, 0.1) is 6.61 Å². The summed E-state index contributed by atoms with van der Waals surface area (Å²) in [6.07, 6.45) is 0.0186. The highest BCUT2D eigenvalue weighted by Gasteiger charge is 2.66. The highest BCUT2D eigenvalue weighted by atomic mass is 16.3. The molecule has 1 heterocycles. The second-order valence-corrected chi connectivity index (χ2v) is 3.76. The first-order valence-electron chi connectivity index (χ1n) is 4.61. The maximum Gasteiger partial charge on any atom is 0.248 e. The predicted octanol–water partition coefficient (Wildman–Crippen LogP) is -3.85. The molecule has 1 atom stereocenters. The van der Waals surface area contributed by atoms with Crippen LogP contribution in [0.1, 0.15) is 6.42 Å². The van der Waals surface area contributed by atoms with E-state index in [4.69, 9.17) is 17.2 Å². The van der Waals surface area contributed by atoms with E-state index in [9.17, 15) is 19.5 Å². The monoisotopic (exact) mass is 230 g/mol. The van der Waals surface area contributed by atoms with Gasteiger partial charge in [-0.3, -0.25) is 19.7 Å². The molecule has 8 nitrogen and oxygen atoms in total. The predicted molar refractivity (Wildman–Crippen MR) is 52.5 cm³/mol. The Hall–Kier alpha value is -1.67. The third kappa shape index (κ3) is 1.20. The van der Waals surface area contributed by atoms with E-state index in [1.165, 1.54) is 0 Å². The highest BCUT2D eigenvalue weighted by molar-refractivity contribution is 6.14. The maximum atomic E-state index is 11.4. The molecule has 1 fully saturated rings. The summed E-state index contributed by atoms with van der Waals surface area (Å²) in [4.78, 5) is 34.2. The van der Waals surface area contributed by atoms with Gasteiger partial charge in [0.2, 0.25) is 17.7 Å². The van der Waals surface area contributed by atoms with Gasteiger partial charge in [-0.25, -0.2) is 0 Å². The quantitative estimate of drug-likeness (QED) is 0.312. The minimum atomic E-state index is -2.12.